The summed E-state index contributed by atoms with van der Waals surface area (Å²) in [6, 6.07) is 17.0. The molecule has 0 radical (unpaired) electrons. The van der Waals surface area contributed by atoms with Gasteiger partial charge in [0.1, 0.15) is 5.75 Å². The van der Waals surface area contributed by atoms with Gasteiger partial charge in [-0.1, -0.05) is 42.5 Å². The molecule has 0 unspecified atom stereocenters. The third-order valence-corrected chi connectivity index (χ3v) is 2.73. The number of carbonyl (C=O) groups is 1. The molecule has 1 amide bonds. The van der Waals surface area contributed by atoms with Crippen molar-refractivity contribution in [3.63, 3.8) is 0 Å². The van der Waals surface area contributed by atoms with Crippen molar-refractivity contribution in [2.24, 2.45) is 5.10 Å². The molecule has 20 heavy (non-hydrogen) atoms. The molecule has 4 heteroatoms. The number of nitrogens with one attached hydrogen (secondary N) is 1. The lowest BCUT2D eigenvalue weighted by Gasteiger charge is -2.02. The van der Waals surface area contributed by atoms with Crippen molar-refractivity contribution in [1.82, 2.24) is 5.43 Å². The molecule has 0 saturated heterocycles. The van der Waals surface area contributed by atoms with E-state index in [1.165, 1.54) is 0 Å². The van der Waals surface area contributed by atoms with Crippen molar-refractivity contribution in [2.75, 3.05) is 7.11 Å². The van der Waals surface area contributed by atoms with Crippen molar-refractivity contribution in [2.45, 2.75) is 6.42 Å². The first-order valence-electron chi connectivity index (χ1n) is 6.28. The van der Waals surface area contributed by atoms with Gasteiger partial charge in [0.25, 0.3) is 0 Å². The Bertz CT molecular complexity index is 577. The van der Waals surface area contributed by atoms with Crippen molar-refractivity contribution in [3.8, 4) is 5.75 Å². The molecule has 0 aliphatic carbocycles. The summed E-state index contributed by atoms with van der Waals surface area (Å²) in [5.41, 5.74) is 4.36. The molecule has 0 aliphatic rings. The van der Waals surface area contributed by atoms with Crippen LogP contribution in [-0.4, -0.2) is 19.2 Å². The zero-order valence-corrected chi connectivity index (χ0v) is 11.2. The fourth-order valence-corrected chi connectivity index (χ4v) is 1.69. The average Bonchev–Trinajstić information content (AvgIpc) is 2.49. The standard InChI is InChI=1S/C16H16N2O2/c1-20-15-9-7-13(8-10-15)11-16(19)18-17-12-14-5-3-2-4-6-14/h2-10,12H,11H2,1H3,(H,18,19)/b17-12-. The summed E-state index contributed by atoms with van der Waals surface area (Å²) in [6.45, 7) is 0. The van der Waals surface area contributed by atoms with Gasteiger partial charge in [0.15, 0.2) is 0 Å². The predicted octanol–water partition coefficient (Wildman–Crippen LogP) is 2.39. The average molecular weight is 268 g/mol. The van der Waals surface area contributed by atoms with Gasteiger partial charge in [0.05, 0.1) is 19.7 Å². The van der Waals surface area contributed by atoms with E-state index in [0.29, 0.717) is 0 Å². The van der Waals surface area contributed by atoms with E-state index in [-0.39, 0.29) is 12.3 Å². The van der Waals surface area contributed by atoms with Crippen LogP contribution in [0.15, 0.2) is 59.7 Å². The molecule has 2 aromatic carbocycles. The number of hydrogen-bond acceptors (Lipinski definition) is 3. The van der Waals surface area contributed by atoms with Crippen molar-refractivity contribution >= 4 is 12.1 Å². The number of methoxy groups -OCH3 is 1. The molecule has 0 aliphatic heterocycles. The third kappa shape index (κ3) is 4.24. The molecule has 0 fully saturated rings. The van der Waals surface area contributed by atoms with E-state index in [9.17, 15) is 4.79 Å². The van der Waals surface area contributed by atoms with Crippen LogP contribution in [0.25, 0.3) is 0 Å². The number of hydrazone groups is 1. The van der Waals surface area contributed by atoms with E-state index in [4.69, 9.17) is 4.74 Å². The number of carbonyl (C=O) groups excluding carboxylic acids is 1. The van der Waals surface area contributed by atoms with Crippen LogP contribution in [0.1, 0.15) is 11.1 Å². The Morgan fingerprint density at radius 2 is 1.85 bits per heavy atom. The minimum Gasteiger partial charge on any atom is -0.497 e. The van der Waals surface area contributed by atoms with Crippen LogP contribution in [-0.2, 0) is 11.2 Å². The SMILES string of the molecule is COc1ccc(CC(=O)N/N=C\c2ccccc2)cc1. The van der Waals surface area contributed by atoms with Crippen LogP contribution in [0.4, 0.5) is 0 Å². The van der Waals surface area contributed by atoms with Crippen LogP contribution in [0, 0.1) is 0 Å². The lowest BCUT2D eigenvalue weighted by molar-refractivity contribution is -0.120. The minimum absolute atomic E-state index is 0.151. The normalized spacial score (nSPS) is 10.4. The second-order valence-corrected chi connectivity index (χ2v) is 4.23. The van der Waals surface area contributed by atoms with Gasteiger partial charge in [-0.05, 0) is 23.3 Å². The number of amides is 1. The molecule has 1 N–H and O–H groups in total. The Kier molecular flexibility index (Phi) is 4.89. The first kappa shape index (κ1) is 13.8. The quantitative estimate of drug-likeness (QED) is 0.668. The molecular weight excluding hydrogens is 252 g/mol. The van der Waals surface area contributed by atoms with E-state index in [1.807, 2.05) is 54.6 Å². The van der Waals surface area contributed by atoms with Gasteiger partial charge in [-0.3, -0.25) is 4.79 Å². The molecule has 0 atom stereocenters. The highest BCUT2D eigenvalue weighted by Crippen LogP contribution is 2.11. The number of benzene rings is 2. The summed E-state index contributed by atoms with van der Waals surface area (Å²) in [4.78, 5) is 11.7. The van der Waals surface area contributed by atoms with E-state index in [1.54, 1.807) is 13.3 Å². The number of ether oxygens (including phenoxy) is 1. The van der Waals surface area contributed by atoms with Gasteiger partial charge in [-0.2, -0.15) is 5.10 Å². The molecule has 0 aromatic heterocycles. The van der Waals surface area contributed by atoms with Gasteiger partial charge in [-0.15, -0.1) is 0 Å². The first-order chi connectivity index (χ1) is 9.78. The highest BCUT2D eigenvalue weighted by Gasteiger charge is 2.02. The van der Waals surface area contributed by atoms with Gasteiger partial charge in [0.2, 0.25) is 5.91 Å². The minimum atomic E-state index is -0.151. The maximum Gasteiger partial charge on any atom is 0.244 e. The van der Waals surface area contributed by atoms with E-state index >= 15 is 0 Å². The van der Waals surface area contributed by atoms with Crippen LogP contribution in [0.5, 0.6) is 5.75 Å². The fraction of sp³-hybridized carbons (Fsp3) is 0.125. The van der Waals surface area contributed by atoms with E-state index < -0.39 is 0 Å². The Morgan fingerprint density at radius 1 is 1.15 bits per heavy atom. The zero-order valence-electron chi connectivity index (χ0n) is 11.2. The molecule has 0 heterocycles. The van der Waals surface area contributed by atoms with Crippen LogP contribution < -0.4 is 10.2 Å². The predicted molar refractivity (Wildman–Crippen MR) is 78.9 cm³/mol. The van der Waals surface area contributed by atoms with Crippen LogP contribution >= 0.6 is 0 Å². The molecule has 0 saturated carbocycles. The molecule has 2 aromatic rings. The molecule has 4 nitrogen and oxygen atoms in total. The Hall–Kier alpha value is -2.62. The van der Waals surface area contributed by atoms with Crippen LogP contribution in [0.3, 0.4) is 0 Å². The summed E-state index contributed by atoms with van der Waals surface area (Å²) in [7, 11) is 1.61. The zero-order chi connectivity index (χ0) is 14.2. The van der Waals surface area contributed by atoms with Gasteiger partial charge >= 0.3 is 0 Å². The lowest BCUT2D eigenvalue weighted by atomic mass is 10.1. The first-order valence-corrected chi connectivity index (χ1v) is 6.28. The van der Waals surface area contributed by atoms with Gasteiger partial charge in [-0.25, -0.2) is 5.43 Å². The summed E-state index contributed by atoms with van der Waals surface area (Å²) >= 11 is 0. The Labute approximate surface area is 118 Å². The number of rotatable bonds is 5. The van der Waals surface area contributed by atoms with Gasteiger partial charge < -0.3 is 4.74 Å². The second-order valence-electron chi connectivity index (χ2n) is 4.23. The van der Waals surface area contributed by atoms with Gasteiger partial charge in [0, 0.05) is 0 Å². The molecule has 0 spiro atoms. The largest absolute Gasteiger partial charge is 0.497 e. The number of nitrogens with zero attached hydrogens (tertiary/aromatic N) is 1. The Morgan fingerprint density at radius 3 is 2.50 bits per heavy atom. The van der Waals surface area contributed by atoms with Crippen molar-refractivity contribution < 1.29 is 9.53 Å². The lowest BCUT2D eigenvalue weighted by Crippen LogP contribution is -2.19. The topological polar surface area (TPSA) is 50.7 Å². The smallest absolute Gasteiger partial charge is 0.244 e. The monoisotopic (exact) mass is 268 g/mol. The van der Waals surface area contributed by atoms with E-state index in [2.05, 4.69) is 10.5 Å². The molecule has 0 bridgehead atoms. The van der Waals surface area contributed by atoms with Crippen LogP contribution in [0.2, 0.25) is 0 Å². The molecule has 2 rings (SSSR count). The highest BCUT2D eigenvalue weighted by molar-refractivity contribution is 5.83. The summed E-state index contributed by atoms with van der Waals surface area (Å²) < 4.78 is 5.06. The molecule has 102 valence electrons. The number of hydrogen-bond donors (Lipinski definition) is 1. The van der Waals surface area contributed by atoms with Crippen molar-refractivity contribution in [3.05, 3.63) is 65.7 Å². The molecular formula is C16H16N2O2. The van der Waals surface area contributed by atoms with E-state index in [0.717, 1.165) is 16.9 Å². The fourth-order valence-electron chi connectivity index (χ4n) is 1.69. The highest BCUT2D eigenvalue weighted by atomic mass is 16.5. The summed E-state index contributed by atoms with van der Waals surface area (Å²) in [6.07, 6.45) is 1.90. The second kappa shape index (κ2) is 7.09. The summed E-state index contributed by atoms with van der Waals surface area (Å²) in [5.74, 6) is 0.624. The summed E-state index contributed by atoms with van der Waals surface area (Å²) in [5, 5.41) is 3.92. The third-order valence-electron chi connectivity index (χ3n) is 2.73. The van der Waals surface area contributed by atoms with Crippen molar-refractivity contribution in [1.29, 1.82) is 0 Å². The maximum atomic E-state index is 11.7. The maximum absolute atomic E-state index is 11.7. The Balaban J connectivity index is 1.84.